The van der Waals surface area contributed by atoms with Gasteiger partial charge in [0.15, 0.2) is 5.96 Å². The molecular weight excluding hydrogens is 244 g/mol. The van der Waals surface area contributed by atoms with Crippen molar-refractivity contribution < 1.29 is 9.21 Å². The first-order valence-electron chi connectivity index (χ1n) is 6.49. The van der Waals surface area contributed by atoms with E-state index in [1.807, 2.05) is 19.1 Å². The van der Waals surface area contributed by atoms with Gasteiger partial charge in [-0.25, -0.2) is 0 Å². The third-order valence-electron chi connectivity index (χ3n) is 2.46. The molecule has 0 aromatic carbocycles. The van der Waals surface area contributed by atoms with Crippen molar-refractivity contribution in [2.24, 2.45) is 4.99 Å². The normalized spacial score (nSPS) is 11.2. The maximum atomic E-state index is 11.4. The number of nitrogens with one attached hydrogen (secondary N) is 3. The molecule has 0 spiro atoms. The van der Waals surface area contributed by atoms with Crippen LogP contribution in [0.3, 0.4) is 0 Å². The lowest BCUT2D eigenvalue weighted by atomic mass is 10.3. The van der Waals surface area contributed by atoms with E-state index in [9.17, 15) is 4.79 Å². The van der Waals surface area contributed by atoms with Gasteiger partial charge in [0.05, 0.1) is 12.8 Å². The summed E-state index contributed by atoms with van der Waals surface area (Å²) < 4.78 is 5.23. The zero-order valence-electron chi connectivity index (χ0n) is 11.5. The van der Waals surface area contributed by atoms with Crippen LogP contribution in [0.5, 0.6) is 0 Å². The second-order valence-electron chi connectivity index (χ2n) is 4.03. The van der Waals surface area contributed by atoms with Crippen LogP contribution in [0.25, 0.3) is 0 Å². The summed E-state index contributed by atoms with van der Waals surface area (Å²) in [5.41, 5.74) is 0. The van der Waals surface area contributed by atoms with Gasteiger partial charge in [0, 0.05) is 26.6 Å². The molecule has 0 radical (unpaired) electrons. The second-order valence-corrected chi connectivity index (χ2v) is 4.03. The number of rotatable bonds is 7. The molecule has 0 saturated heterocycles. The molecule has 106 valence electrons. The minimum Gasteiger partial charge on any atom is -0.469 e. The number of hydrogen-bond donors (Lipinski definition) is 3. The fraction of sp³-hybridized carbons (Fsp3) is 0.538. The summed E-state index contributed by atoms with van der Waals surface area (Å²) >= 11 is 0. The minimum absolute atomic E-state index is 0.0316. The van der Waals surface area contributed by atoms with Crippen molar-refractivity contribution in [2.45, 2.75) is 19.8 Å². The molecule has 1 rings (SSSR count). The Kier molecular flexibility index (Phi) is 7.16. The van der Waals surface area contributed by atoms with Crippen LogP contribution >= 0.6 is 0 Å². The molecule has 19 heavy (non-hydrogen) atoms. The molecule has 0 bridgehead atoms. The highest BCUT2D eigenvalue weighted by Gasteiger charge is 2.02. The Morgan fingerprint density at radius 2 is 2.16 bits per heavy atom. The molecule has 0 fully saturated rings. The van der Waals surface area contributed by atoms with E-state index < -0.39 is 0 Å². The van der Waals surface area contributed by atoms with E-state index in [1.165, 1.54) is 0 Å². The molecule has 1 heterocycles. The Balaban J connectivity index is 2.17. The number of carbonyl (C=O) groups excluding carboxylic acids is 1. The molecule has 0 unspecified atom stereocenters. The number of furan rings is 1. The zero-order chi connectivity index (χ0) is 13.9. The molecular formula is C13H22N4O2. The molecule has 1 amide bonds. The van der Waals surface area contributed by atoms with E-state index in [1.54, 1.807) is 13.3 Å². The van der Waals surface area contributed by atoms with Gasteiger partial charge in [0.25, 0.3) is 0 Å². The van der Waals surface area contributed by atoms with Crippen LogP contribution in [0, 0.1) is 0 Å². The largest absolute Gasteiger partial charge is 0.469 e. The van der Waals surface area contributed by atoms with E-state index >= 15 is 0 Å². The molecule has 0 saturated carbocycles. The standard InChI is InChI=1S/C13H22N4O2/c1-3-7-15-12(18)10-17-13(14-2)16-8-6-11-5-4-9-19-11/h4-5,9H,3,6-8,10H2,1-2H3,(H,15,18)(H2,14,16,17). The van der Waals surface area contributed by atoms with Crippen LogP contribution in [0.4, 0.5) is 0 Å². The Hall–Kier alpha value is -1.98. The number of aliphatic imine (C=N–C) groups is 1. The molecule has 1 aromatic rings. The van der Waals surface area contributed by atoms with Crippen molar-refractivity contribution in [3.05, 3.63) is 24.2 Å². The van der Waals surface area contributed by atoms with Crippen molar-refractivity contribution in [1.82, 2.24) is 16.0 Å². The summed E-state index contributed by atoms with van der Waals surface area (Å²) in [6.07, 6.45) is 3.36. The topological polar surface area (TPSA) is 78.7 Å². The smallest absolute Gasteiger partial charge is 0.239 e. The van der Waals surface area contributed by atoms with Crippen LogP contribution in [-0.4, -0.2) is 38.5 Å². The van der Waals surface area contributed by atoms with Crippen molar-refractivity contribution in [3.63, 3.8) is 0 Å². The van der Waals surface area contributed by atoms with E-state index in [2.05, 4.69) is 20.9 Å². The summed E-state index contributed by atoms with van der Waals surface area (Å²) in [6.45, 7) is 3.64. The molecule has 0 aliphatic heterocycles. The predicted octanol–water partition coefficient (Wildman–Crippen LogP) is 0.513. The summed E-state index contributed by atoms with van der Waals surface area (Å²) in [6, 6.07) is 3.79. The van der Waals surface area contributed by atoms with Gasteiger partial charge in [-0.15, -0.1) is 0 Å². The predicted molar refractivity (Wildman–Crippen MR) is 75.1 cm³/mol. The maximum absolute atomic E-state index is 11.4. The van der Waals surface area contributed by atoms with Gasteiger partial charge in [-0.1, -0.05) is 6.92 Å². The molecule has 0 atom stereocenters. The average Bonchev–Trinajstić information content (AvgIpc) is 2.93. The van der Waals surface area contributed by atoms with Gasteiger partial charge in [0.1, 0.15) is 5.76 Å². The Labute approximate surface area is 113 Å². The van der Waals surface area contributed by atoms with Crippen LogP contribution < -0.4 is 16.0 Å². The van der Waals surface area contributed by atoms with Gasteiger partial charge in [0.2, 0.25) is 5.91 Å². The van der Waals surface area contributed by atoms with Gasteiger partial charge in [-0.2, -0.15) is 0 Å². The number of guanidine groups is 1. The molecule has 6 heteroatoms. The summed E-state index contributed by atoms with van der Waals surface area (Å²) in [5.74, 6) is 1.50. The summed E-state index contributed by atoms with van der Waals surface area (Å²) in [5, 5.41) is 8.86. The third kappa shape index (κ3) is 6.49. The maximum Gasteiger partial charge on any atom is 0.239 e. The Morgan fingerprint density at radius 3 is 2.79 bits per heavy atom. The minimum atomic E-state index is -0.0316. The first-order valence-corrected chi connectivity index (χ1v) is 6.49. The van der Waals surface area contributed by atoms with Crippen LogP contribution in [0.2, 0.25) is 0 Å². The number of amides is 1. The summed E-state index contributed by atoms with van der Waals surface area (Å²) in [7, 11) is 1.67. The summed E-state index contributed by atoms with van der Waals surface area (Å²) in [4.78, 5) is 15.5. The quantitative estimate of drug-likeness (QED) is 0.496. The van der Waals surface area contributed by atoms with Crippen LogP contribution in [-0.2, 0) is 11.2 Å². The van der Waals surface area contributed by atoms with Crippen molar-refractivity contribution in [1.29, 1.82) is 0 Å². The monoisotopic (exact) mass is 266 g/mol. The van der Waals surface area contributed by atoms with Crippen LogP contribution in [0.1, 0.15) is 19.1 Å². The lowest BCUT2D eigenvalue weighted by molar-refractivity contribution is -0.120. The SMILES string of the molecule is CCCNC(=O)CNC(=NC)NCCc1ccco1. The first-order chi connectivity index (χ1) is 9.26. The Bertz CT molecular complexity index is 387. The molecule has 3 N–H and O–H groups in total. The number of nitrogens with zero attached hydrogens (tertiary/aromatic N) is 1. The highest BCUT2D eigenvalue weighted by Crippen LogP contribution is 1.99. The third-order valence-corrected chi connectivity index (χ3v) is 2.46. The number of carbonyl (C=O) groups is 1. The van der Waals surface area contributed by atoms with Gasteiger partial charge in [-0.05, 0) is 18.6 Å². The first kappa shape index (κ1) is 15.1. The van der Waals surface area contributed by atoms with E-state index in [0.717, 1.165) is 18.6 Å². The lowest BCUT2D eigenvalue weighted by Gasteiger charge is -2.11. The highest BCUT2D eigenvalue weighted by atomic mass is 16.3. The van der Waals surface area contributed by atoms with E-state index in [4.69, 9.17) is 4.42 Å². The molecule has 0 aliphatic carbocycles. The molecule has 6 nitrogen and oxygen atoms in total. The van der Waals surface area contributed by atoms with Gasteiger partial charge in [-0.3, -0.25) is 9.79 Å². The van der Waals surface area contributed by atoms with Crippen molar-refractivity contribution in [2.75, 3.05) is 26.7 Å². The zero-order valence-corrected chi connectivity index (χ0v) is 11.5. The fourth-order valence-corrected chi connectivity index (χ4v) is 1.47. The fourth-order valence-electron chi connectivity index (χ4n) is 1.47. The molecule has 0 aliphatic rings. The van der Waals surface area contributed by atoms with Crippen LogP contribution in [0.15, 0.2) is 27.8 Å². The van der Waals surface area contributed by atoms with Gasteiger partial charge >= 0.3 is 0 Å². The second kappa shape index (κ2) is 9.02. The van der Waals surface area contributed by atoms with Crippen molar-refractivity contribution >= 4 is 11.9 Å². The number of hydrogen-bond acceptors (Lipinski definition) is 3. The van der Waals surface area contributed by atoms with E-state index in [-0.39, 0.29) is 12.5 Å². The van der Waals surface area contributed by atoms with Crippen molar-refractivity contribution in [3.8, 4) is 0 Å². The highest BCUT2D eigenvalue weighted by molar-refractivity contribution is 5.86. The van der Waals surface area contributed by atoms with E-state index in [0.29, 0.717) is 19.0 Å². The lowest BCUT2D eigenvalue weighted by Crippen LogP contribution is -2.43. The Morgan fingerprint density at radius 1 is 1.32 bits per heavy atom. The molecule has 1 aromatic heterocycles. The average molecular weight is 266 g/mol. The van der Waals surface area contributed by atoms with Gasteiger partial charge < -0.3 is 20.4 Å².